The zero-order valence-electron chi connectivity index (χ0n) is 11.1. The first-order valence-electron chi connectivity index (χ1n) is 6.44. The first-order valence-corrected chi connectivity index (χ1v) is 7.88. The maximum absolute atomic E-state index is 13.9. The van der Waals surface area contributed by atoms with E-state index in [1.807, 2.05) is 0 Å². The van der Waals surface area contributed by atoms with Crippen molar-refractivity contribution in [3.05, 3.63) is 34.1 Å². The van der Waals surface area contributed by atoms with Gasteiger partial charge in [-0.05, 0) is 18.9 Å². The minimum absolute atomic E-state index is 0.122. The molecule has 2 rings (SSSR count). The number of aliphatic hydroxyl groups is 1. The van der Waals surface area contributed by atoms with Gasteiger partial charge in [0.1, 0.15) is 10.7 Å². The van der Waals surface area contributed by atoms with Gasteiger partial charge in [0.2, 0.25) is 10.0 Å². The fraction of sp³-hybridized carbons (Fsp3) is 0.500. The largest absolute Gasteiger partial charge is 0.395 e. The number of hydrogen-bond acceptors (Lipinski definition) is 5. The molecule has 0 heterocycles. The van der Waals surface area contributed by atoms with Crippen LogP contribution in [0.5, 0.6) is 0 Å². The summed E-state index contributed by atoms with van der Waals surface area (Å²) in [6, 6.07) is 2.18. The van der Waals surface area contributed by atoms with Crippen molar-refractivity contribution in [3.8, 4) is 0 Å². The van der Waals surface area contributed by atoms with Gasteiger partial charge in [-0.3, -0.25) is 10.1 Å². The van der Waals surface area contributed by atoms with Crippen molar-refractivity contribution in [3.63, 3.8) is 0 Å². The van der Waals surface area contributed by atoms with Crippen LogP contribution in [0.15, 0.2) is 23.1 Å². The van der Waals surface area contributed by atoms with E-state index < -0.39 is 31.3 Å². The molecule has 116 valence electrons. The third kappa shape index (κ3) is 3.04. The molecule has 1 aliphatic carbocycles. The summed E-state index contributed by atoms with van der Waals surface area (Å²) in [6.45, 7) is -0.492. The molecule has 0 aliphatic heterocycles. The summed E-state index contributed by atoms with van der Waals surface area (Å²) in [4.78, 5) is 9.16. The van der Waals surface area contributed by atoms with E-state index in [4.69, 9.17) is 5.11 Å². The molecule has 9 heteroatoms. The first kappa shape index (κ1) is 15.8. The monoisotopic (exact) mass is 318 g/mol. The van der Waals surface area contributed by atoms with E-state index in [2.05, 4.69) is 0 Å². The van der Waals surface area contributed by atoms with Gasteiger partial charge in [-0.25, -0.2) is 12.8 Å². The lowest BCUT2D eigenvalue weighted by Crippen LogP contribution is -2.45. The van der Waals surface area contributed by atoms with Gasteiger partial charge >= 0.3 is 0 Å². The van der Waals surface area contributed by atoms with E-state index in [0.717, 1.165) is 22.9 Å². The second-order valence-corrected chi connectivity index (χ2v) is 6.65. The second kappa shape index (κ2) is 6.04. The molecule has 0 atom stereocenters. The molecule has 0 amide bonds. The van der Waals surface area contributed by atoms with E-state index in [1.54, 1.807) is 0 Å². The van der Waals surface area contributed by atoms with Crippen molar-refractivity contribution in [1.82, 2.24) is 4.31 Å². The number of rotatable bonds is 6. The third-order valence-electron chi connectivity index (χ3n) is 3.52. The lowest BCUT2D eigenvalue weighted by molar-refractivity contribution is -0.385. The quantitative estimate of drug-likeness (QED) is 0.629. The zero-order valence-corrected chi connectivity index (χ0v) is 11.9. The van der Waals surface area contributed by atoms with E-state index in [-0.39, 0.29) is 19.2 Å². The molecule has 0 unspecified atom stereocenters. The fourth-order valence-corrected chi connectivity index (χ4v) is 3.93. The van der Waals surface area contributed by atoms with Crippen molar-refractivity contribution >= 4 is 15.7 Å². The molecule has 0 saturated heterocycles. The highest BCUT2D eigenvalue weighted by Gasteiger charge is 2.36. The van der Waals surface area contributed by atoms with Crippen LogP contribution in [0.2, 0.25) is 0 Å². The van der Waals surface area contributed by atoms with Gasteiger partial charge in [0.05, 0.1) is 17.6 Å². The molecular weight excluding hydrogens is 303 g/mol. The third-order valence-corrected chi connectivity index (χ3v) is 5.50. The number of aliphatic hydroxyl groups excluding tert-OH is 1. The van der Waals surface area contributed by atoms with E-state index >= 15 is 0 Å². The molecule has 1 N–H and O–H groups in total. The Morgan fingerprint density at radius 3 is 2.52 bits per heavy atom. The lowest BCUT2D eigenvalue weighted by atomic mass is 9.93. The number of nitrogens with zero attached hydrogens (tertiary/aromatic N) is 2. The van der Waals surface area contributed by atoms with Crippen LogP contribution in [-0.2, 0) is 10.0 Å². The predicted molar refractivity (Wildman–Crippen MR) is 71.7 cm³/mol. The molecule has 7 nitrogen and oxygen atoms in total. The van der Waals surface area contributed by atoms with Crippen molar-refractivity contribution in [2.24, 2.45) is 0 Å². The summed E-state index contributed by atoms with van der Waals surface area (Å²) in [5.74, 6) is -1.16. The molecule has 1 saturated carbocycles. The topological polar surface area (TPSA) is 101 Å². The minimum Gasteiger partial charge on any atom is -0.395 e. The standard InChI is InChI=1S/C12H15FN2O5S/c13-11-8-10(15(17)18)4-5-12(11)21(19,20)14(6-7-16)9-2-1-3-9/h4-5,8-9,16H,1-3,6-7H2. The van der Waals surface area contributed by atoms with Crippen LogP contribution in [-0.4, -0.2) is 41.9 Å². The molecule has 0 radical (unpaired) electrons. The molecule has 0 spiro atoms. The zero-order chi connectivity index (χ0) is 15.6. The average molecular weight is 318 g/mol. The number of hydrogen-bond donors (Lipinski definition) is 1. The Labute approximate surface area is 121 Å². The van der Waals surface area contributed by atoms with Crippen molar-refractivity contribution in [2.75, 3.05) is 13.2 Å². The summed E-state index contributed by atoms with van der Waals surface area (Å²) >= 11 is 0. The van der Waals surface area contributed by atoms with Gasteiger partial charge < -0.3 is 5.11 Å². The minimum atomic E-state index is -4.12. The number of nitro benzene ring substituents is 1. The molecule has 1 aliphatic rings. The van der Waals surface area contributed by atoms with E-state index in [0.29, 0.717) is 18.9 Å². The molecule has 1 fully saturated rings. The first-order chi connectivity index (χ1) is 9.87. The normalized spacial score (nSPS) is 16.0. The summed E-state index contributed by atoms with van der Waals surface area (Å²) in [5, 5.41) is 19.6. The van der Waals surface area contributed by atoms with Gasteiger partial charge in [-0.1, -0.05) is 6.42 Å². The number of sulfonamides is 1. The summed E-state index contributed by atoms with van der Waals surface area (Å²) in [7, 11) is -4.12. The van der Waals surface area contributed by atoms with Crippen LogP contribution < -0.4 is 0 Å². The number of halogens is 1. The Balaban J connectivity index is 2.39. The summed E-state index contributed by atoms with van der Waals surface area (Å²) < 4.78 is 39.9. The second-order valence-electron chi connectivity index (χ2n) is 4.80. The highest BCUT2D eigenvalue weighted by Crippen LogP contribution is 2.31. The van der Waals surface area contributed by atoms with Crippen LogP contribution in [0.25, 0.3) is 0 Å². The van der Waals surface area contributed by atoms with E-state index in [1.165, 1.54) is 0 Å². The maximum Gasteiger partial charge on any atom is 0.272 e. The predicted octanol–water partition coefficient (Wildman–Crippen LogP) is 1.27. The Hall–Kier alpha value is -1.58. The van der Waals surface area contributed by atoms with Gasteiger partial charge in [0.25, 0.3) is 5.69 Å². The molecule has 1 aromatic rings. The fourth-order valence-electron chi connectivity index (χ4n) is 2.21. The van der Waals surface area contributed by atoms with Gasteiger partial charge in [0.15, 0.2) is 0 Å². The Bertz CT molecular complexity index is 645. The van der Waals surface area contributed by atoms with E-state index in [9.17, 15) is 22.9 Å². The summed E-state index contributed by atoms with van der Waals surface area (Å²) in [6.07, 6.45) is 2.20. The van der Waals surface area contributed by atoms with Gasteiger partial charge in [-0.2, -0.15) is 4.31 Å². The van der Waals surface area contributed by atoms with Crippen molar-refractivity contribution < 1.29 is 22.8 Å². The van der Waals surface area contributed by atoms with Crippen LogP contribution >= 0.6 is 0 Å². The Morgan fingerprint density at radius 1 is 1.43 bits per heavy atom. The molecule has 21 heavy (non-hydrogen) atoms. The number of non-ortho nitro benzene ring substituents is 1. The smallest absolute Gasteiger partial charge is 0.272 e. The van der Waals surface area contributed by atoms with Crippen LogP contribution in [0.1, 0.15) is 19.3 Å². The Kier molecular flexibility index (Phi) is 4.55. The average Bonchev–Trinajstić information content (AvgIpc) is 2.35. The Morgan fingerprint density at radius 2 is 2.10 bits per heavy atom. The SMILES string of the molecule is O=[N+]([O-])c1ccc(S(=O)(=O)N(CCO)C2CCC2)c(F)c1. The maximum atomic E-state index is 13.9. The van der Waals surface area contributed by atoms with Crippen molar-refractivity contribution in [1.29, 1.82) is 0 Å². The van der Waals surface area contributed by atoms with Crippen LogP contribution in [0, 0.1) is 15.9 Å². The molecular formula is C12H15FN2O5S. The van der Waals surface area contributed by atoms with Crippen LogP contribution in [0.3, 0.4) is 0 Å². The van der Waals surface area contributed by atoms with Crippen molar-refractivity contribution in [2.45, 2.75) is 30.2 Å². The number of nitro groups is 1. The molecule has 0 aromatic heterocycles. The number of benzene rings is 1. The molecule has 0 bridgehead atoms. The lowest BCUT2D eigenvalue weighted by Gasteiger charge is -2.36. The van der Waals surface area contributed by atoms with Crippen LogP contribution in [0.4, 0.5) is 10.1 Å². The highest BCUT2D eigenvalue weighted by atomic mass is 32.2. The highest BCUT2D eigenvalue weighted by molar-refractivity contribution is 7.89. The van der Waals surface area contributed by atoms with Gasteiger partial charge in [0, 0.05) is 18.7 Å². The summed E-state index contributed by atoms with van der Waals surface area (Å²) in [5.41, 5.74) is -0.510. The molecule has 1 aromatic carbocycles. The van der Waals surface area contributed by atoms with Gasteiger partial charge in [-0.15, -0.1) is 0 Å².